The minimum Gasteiger partial charge on any atom is -0.493 e. The van der Waals surface area contributed by atoms with Crippen LogP contribution in [0.25, 0.3) is 0 Å². The van der Waals surface area contributed by atoms with Crippen molar-refractivity contribution >= 4 is 5.97 Å². The lowest BCUT2D eigenvalue weighted by Crippen LogP contribution is -2.17. The van der Waals surface area contributed by atoms with Crippen molar-refractivity contribution in [2.45, 2.75) is 19.4 Å². The van der Waals surface area contributed by atoms with Crippen LogP contribution >= 0.6 is 0 Å². The normalized spacial score (nSPS) is 21.1. The van der Waals surface area contributed by atoms with Crippen LogP contribution in [0.3, 0.4) is 0 Å². The highest BCUT2D eigenvalue weighted by molar-refractivity contribution is 5.71. The predicted molar refractivity (Wildman–Crippen MR) is 77.2 cm³/mol. The first-order valence-corrected chi connectivity index (χ1v) is 6.96. The Bertz CT molecular complexity index is 517. The van der Waals surface area contributed by atoms with Gasteiger partial charge < -0.3 is 24.6 Å². The van der Waals surface area contributed by atoms with Gasteiger partial charge in [0.15, 0.2) is 11.5 Å². The molecule has 0 bridgehead atoms. The lowest BCUT2D eigenvalue weighted by atomic mass is 9.98. The van der Waals surface area contributed by atoms with Gasteiger partial charge in [-0.3, -0.25) is 4.79 Å². The molecule has 2 N–H and O–H groups in total. The highest BCUT2D eigenvalue weighted by Crippen LogP contribution is 2.44. The number of rotatable bonds is 6. The van der Waals surface area contributed by atoms with Gasteiger partial charge in [-0.15, -0.1) is 0 Å². The van der Waals surface area contributed by atoms with E-state index in [9.17, 15) is 4.79 Å². The third-order valence-electron chi connectivity index (χ3n) is 3.67. The molecule has 116 valence electrons. The second-order valence-corrected chi connectivity index (χ2v) is 4.88. The van der Waals surface area contributed by atoms with Crippen LogP contribution in [-0.4, -0.2) is 38.4 Å². The van der Waals surface area contributed by atoms with E-state index < -0.39 is 5.97 Å². The molecule has 1 heterocycles. The van der Waals surface area contributed by atoms with Crippen molar-refractivity contribution in [2.24, 2.45) is 5.92 Å². The van der Waals surface area contributed by atoms with Crippen LogP contribution in [-0.2, 0) is 4.79 Å². The number of hydrogen-bond acceptors (Lipinski definition) is 5. The summed E-state index contributed by atoms with van der Waals surface area (Å²) < 4.78 is 16.4. The van der Waals surface area contributed by atoms with Gasteiger partial charge in [0.05, 0.1) is 26.7 Å². The van der Waals surface area contributed by atoms with E-state index in [1.165, 1.54) is 0 Å². The van der Waals surface area contributed by atoms with E-state index in [-0.39, 0.29) is 12.0 Å². The number of benzene rings is 1. The molecular formula is C15H21NO5. The minimum atomic E-state index is -0.775. The first kappa shape index (κ1) is 15.4. The number of nitrogens with one attached hydrogen (secondary N) is 1. The standard InChI is InChI=1S/C15H21NO5/c1-4-21-13-10(5-6-12(19-2)14(13)20-3)11-7-9(8-16-11)15(17)18/h5-6,9,11,16H,4,7-8H2,1-3H3,(H,17,18). The Morgan fingerprint density at radius 1 is 1.33 bits per heavy atom. The quantitative estimate of drug-likeness (QED) is 0.834. The number of aliphatic carboxylic acids is 1. The maximum Gasteiger partial charge on any atom is 0.307 e. The van der Waals surface area contributed by atoms with E-state index in [1.807, 2.05) is 19.1 Å². The number of ether oxygens (including phenoxy) is 3. The zero-order valence-corrected chi connectivity index (χ0v) is 12.5. The van der Waals surface area contributed by atoms with Crippen LogP contribution in [0.1, 0.15) is 24.9 Å². The molecule has 6 nitrogen and oxygen atoms in total. The summed E-state index contributed by atoms with van der Waals surface area (Å²) in [6.45, 7) is 2.84. The van der Waals surface area contributed by atoms with Crippen LogP contribution < -0.4 is 19.5 Å². The van der Waals surface area contributed by atoms with Crippen molar-refractivity contribution in [2.75, 3.05) is 27.4 Å². The summed E-state index contributed by atoms with van der Waals surface area (Å²) in [6, 6.07) is 3.65. The average Bonchev–Trinajstić information content (AvgIpc) is 2.96. The Morgan fingerprint density at radius 2 is 2.10 bits per heavy atom. The van der Waals surface area contributed by atoms with Gasteiger partial charge in [-0.25, -0.2) is 0 Å². The van der Waals surface area contributed by atoms with Crippen molar-refractivity contribution in [3.05, 3.63) is 17.7 Å². The Morgan fingerprint density at radius 3 is 2.62 bits per heavy atom. The lowest BCUT2D eigenvalue weighted by molar-refractivity contribution is -0.141. The fraction of sp³-hybridized carbons (Fsp3) is 0.533. The van der Waals surface area contributed by atoms with Crippen LogP contribution in [0.2, 0.25) is 0 Å². The lowest BCUT2D eigenvalue weighted by Gasteiger charge is -2.20. The van der Waals surface area contributed by atoms with Crippen LogP contribution in [0.5, 0.6) is 17.2 Å². The molecule has 0 aliphatic carbocycles. The van der Waals surface area contributed by atoms with Crippen molar-refractivity contribution in [3.8, 4) is 17.2 Å². The predicted octanol–water partition coefficient (Wildman–Crippen LogP) is 1.84. The molecule has 1 saturated heterocycles. The number of carbonyl (C=O) groups is 1. The van der Waals surface area contributed by atoms with Gasteiger partial charge in [0.25, 0.3) is 0 Å². The van der Waals surface area contributed by atoms with Crippen molar-refractivity contribution in [3.63, 3.8) is 0 Å². The third-order valence-corrected chi connectivity index (χ3v) is 3.67. The van der Waals surface area contributed by atoms with Crippen LogP contribution in [0.15, 0.2) is 12.1 Å². The van der Waals surface area contributed by atoms with E-state index in [1.54, 1.807) is 14.2 Å². The van der Waals surface area contributed by atoms with E-state index in [2.05, 4.69) is 5.32 Å². The molecule has 2 atom stereocenters. The van der Waals surface area contributed by atoms with Gasteiger partial charge in [-0.05, 0) is 25.5 Å². The van der Waals surface area contributed by atoms with Crippen molar-refractivity contribution < 1.29 is 24.1 Å². The Balaban J connectivity index is 2.37. The zero-order chi connectivity index (χ0) is 15.4. The molecule has 1 aliphatic rings. The number of carboxylic acid groups (broad SMARTS) is 1. The first-order chi connectivity index (χ1) is 10.1. The average molecular weight is 295 g/mol. The fourth-order valence-corrected chi connectivity index (χ4v) is 2.64. The largest absolute Gasteiger partial charge is 0.493 e. The molecule has 21 heavy (non-hydrogen) atoms. The topological polar surface area (TPSA) is 77.0 Å². The summed E-state index contributed by atoms with van der Waals surface area (Å²) in [7, 11) is 3.13. The van der Waals surface area contributed by atoms with E-state index in [0.29, 0.717) is 36.8 Å². The summed E-state index contributed by atoms with van der Waals surface area (Å²) in [4.78, 5) is 11.1. The monoisotopic (exact) mass is 295 g/mol. The van der Waals surface area contributed by atoms with Gasteiger partial charge in [-0.1, -0.05) is 0 Å². The molecule has 0 radical (unpaired) electrons. The molecule has 0 amide bonds. The minimum absolute atomic E-state index is 0.0625. The summed E-state index contributed by atoms with van der Waals surface area (Å²) in [6.07, 6.45) is 0.533. The fourth-order valence-electron chi connectivity index (χ4n) is 2.64. The van der Waals surface area contributed by atoms with Crippen LogP contribution in [0, 0.1) is 5.92 Å². The molecule has 0 aromatic heterocycles. The van der Waals surface area contributed by atoms with Crippen LogP contribution in [0.4, 0.5) is 0 Å². The van der Waals surface area contributed by atoms with Gasteiger partial charge in [0.1, 0.15) is 0 Å². The van der Waals surface area contributed by atoms with E-state index in [0.717, 1.165) is 5.56 Å². The highest BCUT2D eigenvalue weighted by atomic mass is 16.5. The summed E-state index contributed by atoms with van der Waals surface area (Å²) >= 11 is 0. The number of carboxylic acids is 1. The number of methoxy groups -OCH3 is 2. The zero-order valence-electron chi connectivity index (χ0n) is 12.5. The molecule has 6 heteroatoms. The SMILES string of the molecule is CCOc1c(C2CC(C(=O)O)CN2)ccc(OC)c1OC. The molecule has 2 unspecified atom stereocenters. The van der Waals surface area contributed by atoms with E-state index in [4.69, 9.17) is 19.3 Å². The second kappa shape index (κ2) is 6.67. The third kappa shape index (κ3) is 3.05. The smallest absolute Gasteiger partial charge is 0.307 e. The van der Waals surface area contributed by atoms with Gasteiger partial charge in [0.2, 0.25) is 5.75 Å². The van der Waals surface area contributed by atoms with Gasteiger partial charge in [-0.2, -0.15) is 0 Å². The molecule has 1 aromatic rings. The summed E-state index contributed by atoms with van der Waals surface area (Å²) in [5, 5.41) is 12.4. The van der Waals surface area contributed by atoms with Gasteiger partial charge >= 0.3 is 5.97 Å². The van der Waals surface area contributed by atoms with E-state index >= 15 is 0 Å². The molecular weight excluding hydrogens is 274 g/mol. The molecule has 0 saturated carbocycles. The Hall–Kier alpha value is -1.95. The highest BCUT2D eigenvalue weighted by Gasteiger charge is 2.33. The Labute approximate surface area is 124 Å². The van der Waals surface area contributed by atoms with Crippen molar-refractivity contribution in [1.29, 1.82) is 0 Å². The number of hydrogen-bond donors (Lipinski definition) is 2. The van der Waals surface area contributed by atoms with Gasteiger partial charge in [0, 0.05) is 18.2 Å². The molecule has 1 aliphatic heterocycles. The summed E-state index contributed by atoms with van der Waals surface area (Å²) in [5.74, 6) is 0.596. The second-order valence-electron chi connectivity index (χ2n) is 4.88. The maximum absolute atomic E-state index is 11.1. The molecule has 1 fully saturated rings. The molecule has 0 spiro atoms. The maximum atomic E-state index is 11.1. The first-order valence-electron chi connectivity index (χ1n) is 6.96. The molecule has 1 aromatic carbocycles. The molecule has 2 rings (SSSR count). The summed E-state index contributed by atoms with van der Waals surface area (Å²) in [5.41, 5.74) is 0.901. The Kier molecular flexibility index (Phi) is 4.90. The van der Waals surface area contributed by atoms with Crippen molar-refractivity contribution in [1.82, 2.24) is 5.32 Å².